The van der Waals surface area contributed by atoms with Crippen LogP contribution in [0.25, 0.3) is 0 Å². The zero-order chi connectivity index (χ0) is 19.0. The molecule has 1 rings (SSSR count). The molecule has 7 nitrogen and oxygen atoms in total. The highest BCUT2D eigenvalue weighted by atomic mass is 32.2. The van der Waals surface area contributed by atoms with Gasteiger partial charge in [0.25, 0.3) is 0 Å². The minimum absolute atomic E-state index is 0.0527. The fourth-order valence-corrected chi connectivity index (χ4v) is 2.86. The number of hydrogen-bond donors (Lipinski definition) is 0. The second-order valence-corrected chi connectivity index (χ2v) is 6.70. The first-order valence-corrected chi connectivity index (χ1v) is 9.14. The van der Waals surface area contributed by atoms with Gasteiger partial charge in [0, 0.05) is 6.42 Å². The van der Waals surface area contributed by atoms with Crippen molar-refractivity contribution >= 4 is 22.1 Å². The summed E-state index contributed by atoms with van der Waals surface area (Å²) in [5, 5.41) is 0. The number of esters is 2. The predicted molar refractivity (Wildman–Crippen MR) is 90.0 cm³/mol. The average Bonchev–Trinajstić information content (AvgIpc) is 2.53. The number of hydrogen-bond acceptors (Lipinski definition) is 7. The summed E-state index contributed by atoms with van der Waals surface area (Å²) in [5.74, 6) is -3.23. The molecule has 0 atom stereocenters. The van der Waals surface area contributed by atoms with Crippen LogP contribution in [-0.4, -0.2) is 33.6 Å². The average molecular weight is 370 g/mol. The van der Waals surface area contributed by atoms with Crippen LogP contribution in [0.3, 0.4) is 0 Å². The van der Waals surface area contributed by atoms with Gasteiger partial charge >= 0.3 is 22.1 Å². The van der Waals surface area contributed by atoms with Gasteiger partial charge in [-0.2, -0.15) is 8.42 Å². The van der Waals surface area contributed by atoms with Crippen molar-refractivity contribution in [2.75, 3.05) is 13.2 Å². The first-order valence-electron chi connectivity index (χ1n) is 7.73. The molecule has 0 unspecified atom stereocenters. The van der Waals surface area contributed by atoms with Crippen LogP contribution in [0.2, 0.25) is 0 Å². The van der Waals surface area contributed by atoms with E-state index in [1.807, 2.05) is 6.92 Å². The number of benzene rings is 1. The van der Waals surface area contributed by atoms with E-state index in [9.17, 15) is 18.0 Å². The lowest BCUT2D eigenvalue weighted by Crippen LogP contribution is -2.29. The Bertz CT molecular complexity index is 702. The van der Waals surface area contributed by atoms with Gasteiger partial charge in [-0.05, 0) is 32.9 Å². The van der Waals surface area contributed by atoms with Gasteiger partial charge in [0.05, 0.1) is 13.2 Å². The molecule has 0 aliphatic rings. The van der Waals surface area contributed by atoms with E-state index in [1.54, 1.807) is 26.0 Å². The fraction of sp³-hybridized carbons (Fsp3) is 0.412. The third-order valence-electron chi connectivity index (χ3n) is 3.11. The number of carbonyl (C=O) groups excluding carboxylic acids is 2. The standard InChI is InChI=1S/C17H22O7S/c1-5-22-16(18)15(17(19)23-6-2)11-13(4)24-25(20,21)14-9-7-12(3)8-10-14/h7-10,15H,4-6,11H2,1-3H3. The van der Waals surface area contributed by atoms with Crippen molar-refractivity contribution < 1.29 is 31.7 Å². The highest BCUT2D eigenvalue weighted by Gasteiger charge is 2.32. The highest BCUT2D eigenvalue weighted by Crippen LogP contribution is 2.21. The summed E-state index contributed by atoms with van der Waals surface area (Å²) in [5.41, 5.74) is 0.891. The normalized spacial score (nSPS) is 11.0. The summed E-state index contributed by atoms with van der Waals surface area (Å²) in [7, 11) is -4.10. The van der Waals surface area contributed by atoms with Crippen LogP contribution in [0.4, 0.5) is 0 Å². The monoisotopic (exact) mass is 370 g/mol. The number of allylic oxidation sites excluding steroid dienone is 1. The topological polar surface area (TPSA) is 96.0 Å². The smallest absolute Gasteiger partial charge is 0.338 e. The summed E-state index contributed by atoms with van der Waals surface area (Å²) in [6.45, 7) is 8.64. The van der Waals surface area contributed by atoms with E-state index in [0.717, 1.165) is 5.56 Å². The number of carbonyl (C=O) groups is 2. The third-order valence-corrected chi connectivity index (χ3v) is 4.42. The molecule has 0 saturated carbocycles. The Morgan fingerprint density at radius 2 is 1.52 bits per heavy atom. The van der Waals surface area contributed by atoms with Crippen LogP contribution in [0.1, 0.15) is 25.8 Å². The molecular weight excluding hydrogens is 348 g/mol. The molecule has 0 amide bonds. The van der Waals surface area contributed by atoms with E-state index in [-0.39, 0.29) is 30.3 Å². The lowest BCUT2D eigenvalue weighted by atomic mass is 10.1. The van der Waals surface area contributed by atoms with Gasteiger partial charge < -0.3 is 13.7 Å². The van der Waals surface area contributed by atoms with E-state index >= 15 is 0 Å². The molecule has 8 heteroatoms. The van der Waals surface area contributed by atoms with Crippen LogP contribution in [0, 0.1) is 12.8 Å². The zero-order valence-electron chi connectivity index (χ0n) is 14.5. The Kier molecular flexibility index (Phi) is 7.63. The molecule has 0 aliphatic carbocycles. The van der Waals surface area contributed by atoms with Gasteiger partial charge in [-0.1, -0.05) is 24.3 Å². The van der Waals surface area contributed by atoms with Crippen LogP contribution in [-0.2, 0) is 33.4 Å². The Balaban J connectivity index is 2.87. The summed E-state index contributed by atoms with van der Waals surface area (Å²) in [6, 6.07) is 6.04. The Hall–Kier alpha value is -2.35. The van der Waals surface area contributed by atoms with Crippen LogP contribution in [0.15, 0.2) is 41.5 Å². The molecule has 0 radical (unpaired) electrons. The number of rotatable bonds is 9. The minimum Gasteiger partial charge on any atom is -0.465 e. The molecule has 0 bridgehead atoms. The number of aryl methyl sites for hydroxylation is 1. The first-order chi connectivity index (χ1) is 11.7. The highest BCUT2D eigenvalue weighted by molar-refractivity contribution is 7.86. The SMILES string of the molecule is C=C(CC(C(=O)OCC)C(=O)OCC)OS(=O)(=O)c1ccc(C)cc1. The fourth-order valence-electron chi connectivity index (χ4n) is 1.92. The Morgan fingerprint density at radius 3 is 1.96 bits per heavy atom. The van der Waals surface area contributed by atoms with Crippen molar-refractivity contribution in [3.05, 3.63) is 42.2 Å². The quantitative estimate of drug-likeness (QED) is 0.285. The third kappa shape index (κ3) is 6.22. The van der Waals surface area contributed by atoms with Gasteiger partial charge in [0.15, 0.2) is 5.92 Å². The van der Waals surface area contributed by atoms with E-state index in [0.29, 0.717) is 0 Å². The number of ether oxygens (including phenoxy) is 2. The first kappa shape index (κ1) is 20.7. The molecule has 0 saturated heterocycles. The van der Waals surface area contributed by atoms with Crippen molar-refractivity contribution in [1.29, 1.82) is 0 Å². The van der Waals surface area contributed by atoms with Crippen molar-refractivity contribution in [3.63, 3.8) is 0 Å². The maximum atomic E-state index is 12.2. The van der Waals surface area contributed by atoms with E-state index in [4.69, 9.17) is 13.7 Å². The molecular formula is C17H22O7S. The Morgan fingerprint density at radius 1 is 1.04 bits per heavy atom. The summed E-state index contributed by atoms with van der Waals surface area (Å²) >= 11 is 0. The van der Waals surface area contributed by atoms with Gasteiger partial charge in [-0.3, -0.25) is 9.59 Å². The molecule has 0 aromatic heterocycles. The maximum Gasteiger partial charge on any atom is 0.338 e. The van der Waals surface area contributed by atoms with Crippen molar-refractivity contribution in [1.82, 2.24) is 0 Å². The predicted octanol–water partition coefficient (Wildman–Crippen LogP) is 2.35. The molecule has 0 heterocycles. The molecule has 1 aromatic rings. The molecule has 0 spiro atoms. The summed E-state index contributed by atoms with van der Waals surface area (Å²) < 4.78 is 39.0. The molecule has 0 N–H and O–H groups in total. The van der Waals surface area contributed by atoms with Crippen molar-refractivity contribution in [3.8, 4) is 0 Å². The molecule has 1 aromatic carbocycles. The Labute approximate surface area is 147 Å². The summed E-state index contributed by atoms with van der Waals surface area (Å²) in [6.07, 6.45) is -0.358. The van der Waals surface area contributed by atoms with Gasteiger partial charge in [0.2, 0.25) is 0 Å². The van der Waals surface area contributed by atoms with Crippen LogP contribution >= 0.6 is 0 Å². The van der Waals surface area contributed by atoms with E-state index < -0.39 is 28.0 Å². The summed E-state index contributed by atoms with van der Waals surface area (Å²) in [4.78, 5) is 23.7. The second kappa shape index (κ2) is 9.22. The molecule has 138 valence electrons. The lowest BCUT2D eigenvalue weighted by molar-refractivity contribution is -0.161. The lowest BCUT2D eigenvalue weighted by Gasteiger charge is -2.16. The van der Waals surface area contributed by atoms with Crippen LogP contribution < -0.4 is 0 Å². The van der Waals surface area contributed by atoms with Crippen LogP contribution in [0.5, 0.6) is 0 Å². The van der Waals surface area contributed by atoms with Crippen molar-refractivity contribution in [2.24, 2.45) is 5.92 Å². The molecule has 25 heavy (non-hydrogen) atoms. The maximum absolute atomic E-state index is 12.2. The minimum atomic E-state index is -4.10. The zero-order valence-corrected chi connectivity index (χ0v) is 15.3. The van der Waals surface area contributed by atoms with Gasteiger partial charge in [-0.15, -0.1) is 0 Å². The van der Waals surface area contributed by atoms with Gasteiger partial charge in [-0.25, -0.2) is 0 Å². The second-order valence-electron chi connectivity index (χ2n) is 5.15. The molecule has 0 fully saturated rings. The van der Waals surface area contributed by atoms with Crippen molar-refractivity contribution in [2.45, 2.75) is 32.1 Å². The van der Waals surface area contributed by atoms with Gasteiger partial charge in [0.1, 0.15) is 10.7 Å². The van der Waals surface area contributed by atoms with E-state index in [2.05, 4.69) is 6.58 Å². The largest absolute Gasteiger partial charge is 0.465 e. The van der Waals surface area contributed by atoms with E-state index in [1.165, 1.54) is 12.1 Å². The molecule has 0 aliphatic heterocycles.